The molecule has 0 spiro atoms. The number of nitrogens with one attached hydrogen (secondary N) is 3. The maximum atomic E-state index is 13.4. The lowest BCUT2D eigenvalue weighted by Crippen LogP contribution is -2.54. The minimum absolute atomic E-state index is 0.0336. The second-order valence-electron chi connectivity index (χ2n) is 18.7. The lowest BCUT2D eigenvalue weighted by Gasteiger charge is -2.42. The summed E-state index contributed by atoms with van der Waals surface area (Å²) in [6, 6.07) is 4.77. The van der Waals surface area contributed by atoms with Crippen LogP contribution in [0.25, 0.3) is 0 Å². The Balaban J connectivity index is 0.712. The fourth-order valence-electron chi connectivity index (χ4n) is 10.5. The Bertz CT molecular complexity index is 2330. The zero-order valence-electron chi connectivity index (χ0n) is 39.7. The molecule has 21 heteroatoms. The lowest BCUT2D eigenvalue weighted by molar-refractivity contribution is -0.139. The van der Waals surface area contributed by atoms with E-state index in [1.165, 1.54) is 12.4 Å². The number of aliphatic imine (C=N–C) groups is 1. The van der Waals surface area contributed by atoms with Crippen LogP contribution in [-0.2, 0) is 23.9 Å². The first kappa shape index (κ1) is 49.0. The Morgan fingerprint density at radius 2 is 1.54 bits per heavy atom. The number of nitrogens with zero attached hydrogens (tertiary/aromatic N) is 9. The van der Waals surface area contributed by atoms with Crippen LogP contribution in [0.1, 0.15) is 102 Å². The molecular weight excluding hydrogens is 887 g/mol. The first-order chi connectivity index (χ1) is 33.4. The van der Waals surface area contributed by atoms with Crippen LogP contribution in [0, 0.1) is 5.92 Å². The molecule has 0 radical (unpaired) electrons. The Kier molecular flexibility index (Phi) is 15.8. The molecule has 8 rings (SSSR count). The number of piperidine rings is 2. The molecule has 6 aliphatic rings. The summed E-state index contributed by atoms with van der Waals surface area (Å²) in [4.78, 5) is 115. The van der Waals surface area contributed by atoms with Crippen LogP contribution in [-0.4, -0.2) is 186 Å². The molecule has 4 saturated heterocycles. The number of carbonyl (C=O) groups is 7. The van der Waals surface area contributed by atoms with E-state index in [1.807, 2.05) is 15.9 Å². The number of allylic oxidation sites excluding steroid dienone is 1. The van der Waals surface area contributed by atoms with Crippen molar-refractivity contribution in [2.24, 2.45) is 16.6 Å². The van der Waals surface area contributed by atoms with E-state index in [-0.39, 0.29) is 72.8 Å². The van der Waals surface area contributed by atoms with Crippen molar-refractivity contribution >= 4 is 65.1 Å². The number of fused-ring (bicyclic) bond motifs is 1. The second-order valence-corrected chi connectivity index (χ2v) is 18.7. The van der Waals surface area contributed by atoms with E-state index < -0.39 is 35.6 Å². The maximum absolute atomic E-state index is 13.4. The largest absolute Gasteiger partial charge is 0.462 e. The maximum Gasteiger partial charge on any atom is 0.343 e. The Morgan fingerprint density at radius 1 is 0.855 bits per heavy atom. The van der Waals surface area contributed by atoms with Crippen LogP contribution >= 0.6 is 0 Å². The summed E-state index contributed by atoms with van der Waals surface area (Å²) in [7, 11) is 1.63. The number of anilines is 3. The Morgan fingerprint density at radius 3 is 2.19 bits per heavy atom. The number of carbonyl (C=O) groups excluding carboxylic acids is 7. The van der Waals surface area contributed by atoms with Gasteiger partial charge < -0.3 is 35.8 Å². The molecule has 1 saturated carbocycles. The average molecular weight is 952 g/mol. The van der Waals surface area contributed by atoms with Gasteiger partial charge in [-0.1, -0.05) is 0 Å². The minimum atomic E-state index is -0.991. The van der Waals surface area contributed by atoms with Crippen molar-refractivity contribution in [3.8, 4) is 0 Å². The molecule has 1 aliphatic carbocycles. The van der Waals surface area contributed by atoms with Gasteiger partial charge in [0, 0.05) is 135 Å². The Hall–Kier alpha value is -6.48. The lowest BCUT2D eigenvalue weighted by atomic mass is 9.89. The number of piperazine rings is 2. The third kappa shape index (κ3) is 11.5. The summed E-state index contributed by atoms with van der Waals surface area (Å²) >= 11 is 0. The molecule has 2 aromatic rings. The molecule has 1 aromatic heterocycles. The zero-order chi connectivity index (χ0) is 48.6. The van der Waals surface area contributed by atoms with E-state index in [0.717, 1.165) is 94.9 Å². The Labute approximate surface area is 402 Å². The van der Waals surface area contributed by atoms with E-state index in [2.05, 4.69) is 45.6 Å². The van der Waals surface area contributed by atoms with Gasteiger partial charge in [-0.25, -0.2) is 9.78 Å². The highest BCUT2D eigenvalue weighted by molar-refractivity contribution is 6.23. The van der Waals surface area contributed by atoms with Crippen LogP contribution in [0.2, 0.25) is 0 Å². The van der Waals surface area contributed by atoms with E-state index in [9.17, 15) is 33.6 Å². The number of hydrogen-bond donors (Lipinski definition) is 4. The number of imide groups is 2. The monoisotopic (exact) mass is 952 g/mol. The number of nitrogens with two attached hydrogens (primary N) is 1. The van der Waals surface area contributed by atoms with Crippen molar-refractivity contribution in [3.63, 3.8) is 0 Å². The van der Waals surface area contributed by atoms with Crippen LogP contribution in [0.4, 0.5) is 17.5 Å². The van der Waals surface area contributed by atoms with Crippen LogP contribution in [0.15, 0.2) is 41.3 Å². The summed E-state index contributed by atoms with van der Waals surface area (Å²) in [5.74, 6) is -1.31. The highest BCUT2D eigenvalue weighted by Gasteiger charge is 2.45. The van der Waals surface area contributed by atoms with Gasteiger partial charge in [-0.2, -0.15) is 4.98 Å². The SMILES string of the molecule is CCOC(=O)c1cnc(N/C(C=NC)=C/N)nc1NC1CCC(N2CCN(C(=O)CCC(=O)N3CCC(CN4CCN(c5ccc6c(c5)C(=O)N(C5CCC(=O)NC5=O)C6=O)CC4)CC3)CC2)CC1. The van der Waals surface area contributed by atoms with Gasteiger partial charge in [0.05, 0.1) is 23.4 Å². The number of amides is 6. The van der Waals surface area contributed by atoms with E-state index in [0.29, 0.717) is 49.7 Å². The normalized spacial score (nSPS) is 23.3. The van der Waals surface area contributed by atoms with Gasteiger partial charge in [0.15, 0.2) is 0 Å². The van der Waals surface area contributed by atoms with Crippen molar-refractivity contribution < 1.29 is 38.3 Å². The topological polar surface area (TPSA) is 248 Å². The van der Waals surface area contributed by atoms with Gasteiger partial charge in [0.25, 0.3) is 11.8 Å². The van der Waals surface area contributed by atoms with Crippen molar-refractivity contribution in [1.29, 1.82) is 0 Å². The van der Waals surface area contributed by atoms with Gasteiger partial charge >= 0.3 is 5.97 Å². The predicted octanol–water partition coefficient (Wildman–Crippen LogP) is 1.68. The van der Waals surface area contributed by atoms with Crippen molar-refractivity contribution in [3.05, 3.63) is 53.0 Å². The molecule has 69 heavy (non-hydrogen) atoms. The molecule has 21 nitrogen and oxygen atoms in total. The fraction of sp³-hybridized carbons (Fsp3) is 0.583. The standard InChI is InChI=1S/C48H65N13O8/c1-3-69-47(68)38-29-51-48(53-33(27-49)28-50-2)55-43(38)52-32-4-6-34(7-5-32)57-22-24-60(25-23-57)42(64)13-12-41(63)59-16-14-31(15-17-59)30-56-18-20-58(21-19-56)35-8-9-36-37(26-35)46(67)61(45(36)66)39-10-11-40(62)54-44(39)65/h8-9,26-29,31-32,34,39H,3-7,10-25,30,49H2,1-2H3,(H,54,62,65)(H2,51,52,53,55)/b33-27+,50-28?. The number of esters is 1. The quantitative estimate of drug-likeness (QED) is 0.113. The molecule has 1 aromatic carbocycles. The summed E-state index contributed by atoms with van der Waals surface area (Å²) in [6.07, 6.45) is 10.5. The second kappa shape index (κ2) is 22.3. The van der Waals surface area contributed by atoms with Crippen molar-refractivity contribution in [1.82, 2.24) is 39.8 Å². The molecule has 5 aliphatic heterocycles. The summed E-state index contributed by atoms with van der Waals surface area (Å²) in [6.45, 7) is 10.4. The molecule has 370 valence electrons. The van der Waals surface area contributed by atoms with Gasteiger partial charge in [-0.15, -0.1) is 0 Å². The number of likely N-dealkylation sites (tertiary alicyclic amines) is 1. The number of benzene rings is 1. The molecule has 0 bridgehead atoms. The van der Waals surface area contributed by atoms with Crippen molar-refractivity contribution in [2.45, 2.75) is 89.3 Å². The smallest absolute Gasteiger partial charge is 0.343 e. The van der Waals surface area contributed by atoms with Crippen molar-refractivity contribution in [2.75, 3.05) is 101 Å². The van der Waals surface area contributed by atoms with E-state index in [4.69, 9.17) is 10.5 Å². The molecule has 1 unspecified atom stereocenters. The number of aromatic nitrogens is 2. The number of rotatable bonds is 15. The number of ether oxygens (including phenoxy) is 1. The van der Waals surface area contributed by atoms with Gasteiger partial charge in [0.1, 0.15) is 17.4 Å². The minimum Gasteiger partial charge on any atom is -0.462 e. The van der Waals surface area contributed by atoms with Gasteiger partial charge in [-0.05, 0) is 76.0 Å². The van der Waals surface area contributed by atoms with Crippen LogP contribution in [0.3, 0.4) is 0 Å². The van der Waals surface area contributed by atoms with Crippen LogP contribution in [0.5, 0.6) is 0 Å². The number of hydrogen-bond acceptors (Lipinski definition) is 17. The molecular formula is C48H65N13O8. The molecule has 1 atom stereocenters. The molecule has 5 fully saturated rings. The molecule has 6 heterocycles. The summed E-state index contributed by atoms with van der Waals surface area (Å²) < 4.78 is 5.27. The predicted molar refractivity (Wildman–Crippen MR) is 256 cm³/mol. The summed E-state index contributed by atoms with van der Waals surface area (Å²) in [5, 5.41) is 8.73. The third-order valence-corrected chi connectivity index (χ3v) is 14.4. The molecule has 5 N–H and O–H groups in total. The zero-order valence-corrected chi connectivity index (χ0v) is 39.7. The first-order valence-electron chi connectivity index (χ1n) is 24.5. The van der Waals surface area contributed by atoms with E-state index >= 15 is 0 Å². The van der Waals surface area contributed by atoms with E-state index in [1.54, 1.807) is 32.3 Å². The third-order valence-electron chi connectivity index (χ3n) is 14.4. The fourth-order valence-corrected chi connectivity index (χ4v) is 10.5. The average Bonchev–Trinajstić information content (AvgIpc) is 3.61. The summed E-state index contributed by atoms with van der Waals surface area (Å²) in [5.41, 5.74) is 7.90. The van der Waals surface area contributed by atoms with Crippen LogP contribution < -0.4 is 26.6 Å². The van der Waals surface area contributed by atoms with Gasteiger partial charge in [0.2, 0.25) is 29.6 Å². The van der Waals surface area contributed by atoms with Gasteiger partial charge in [-0.3, -0.25) is 53.8 Å². The highest BCUT2D eigenvalue weighted by atomic mass is 16.5. The molecule has 6 amide bonds. The highest BCUT2D eigenvalue weighted by Crippen LogP contribution is 2.32. The first-order valence-corrected chi connectivity index (χ1v) is 24.5.